The summed E-state index contributed by atoms with van der Waals surface area (Å²) in [6, 6.07) is 18.2. The van der Waals surface area contributed by atoms with Gasteiger partial charge in [-0.2, -0.15) is 0 Å². The molecule has 1 fully saturated rings. The van der Waals surface area contributed by atoms with Gasteiger partial charge >= 0.3 is 5.97 Å². The minimum Gasteiger partial charge on any atom is -0.481 e. The van der Waals surface area contributed by atoms with Crippen LogP contribution in [0.5, 0.6) is 0 Å². The van der Waals surface area contributed by atoms with Gasteiger partial charge in [-0.25, -0.2) is 0 Å². The Hall–Kier alpha value is -3.36. The molecule has 1 aliphatic rings. The van der Waals surface area contributed by atoms with E-state index in [1.807, 2.05) is 79.4 Å². The van der Waals surface area contributed by atoms with Crippen LogP contribution in [-0.2, 0) is 36.8 Å². The zero-order chi connectivity index (χ0) is 29.6. The number of nitrogens with zero attached hydrogens (tertiary/aromatic N) is 1. The molecular formula is C33H44N2O6. The molecular weight excluding hydrogens is 520 g/mol. The highest BCUT2D eigenvalue weighted by Crippen LogP contribution is 2.20. The summed E-state index contributed by atoms with van der Waals surface area (Å²) in [5.41, 5.74) is 1.92. The molecule has 8 nitrogen and oxygen atoms in total. The van der Waals surface area contributed by atoms with Crippen LogP contribution in [0.25, 0.3) is 0 Å². The molecule has 0 bridgehead atoms. The number of Topliss-reactive ketones (excluding diaryl/α,β-unsaturated/α-hetero) is 2. The number of carbonyl (C=O) groups excluding carboxylic acids is 3. The fraction of sp³-hybridized carbons (Fsp3) is 0.515. The van der Waals surface area contributed by atoms with Gasteiger partial charge < -0.3 is 15.2 Å². The Morgan fingerprint density at radius 2 is 1.49 bits per heavy atom. The fourth-order valence-electron chi connectivity index (χ4n) is 5.22. The average molecular weight is 565 g/mol. The molecule has 0 unspecified atom stereocenters. The third kappa shape index (κ3) is 11.6. The van der Waals surface area contributed by atoms with Crippen molar-refractivity contribution in [3.05, 3.63) is 71.8 Å². The van der Waals surface area contributed by atoms with Crippen LogP contribution in [0.2, 0.25) is 0 Å². The molecule has 41 heavy (non-hydrogen) atoms. The molecule has 2 aromatic carbocycles. The van der Waals surface area contributed by atoms with Crippen LogP contribution in [0.4, 0.5) is 0 Å². The van der Waals surface area contributed by atoms with Crippen LogP contribution in [0, 0.1) is 17.8 Å². The molecule has 3 rings (SSSR count). The lowest BCUT2D eigenvalue weighted by molar-refractivity contribution is -0.144. The number of hydrogen-bond acceptors (Lipinski definition) is 6. The van der Waals surface area contributed by atoms with E-state index in [-0.39, 0.29) is 49.2 Å². The molecule has 8 heteroatoms. The molecule has 1 saturated heterocycles. The number of ether oxygens (including phenoxy) is 1. The maximum absolute atomic E-state index is 13.6. The largest absolute Gasteiger partial charge is 0.481 e. The summed E-state index contributed by atoms with van der Waals surface area (Å²) >= 11 is 0. The van der Waals surface area contributed by atoms with Crippen molar-refractivity contribution in [2.45, 2.75) is 58.4 Å². The van der Waals surface area contributed by atoms with Crippen molar-refractivity contribution in [2.24, 2.45) is 17.8 Å². The summed E-state index contributed by atoms with van der Waals surface area (Å²) in [5.74, 6) is -3.05. The number of rotatable bonds is 17. The quantitative estimate of drug-likeness (QED) is 0.299. The number of hydrogen-bond donors (Lipinski definition) is 2. The van der Waals surface area contributed by atoms with Gasteiger partial charge in [0.25, 0.3) is 0 Å². The normalized spacial score (nSPS) is 16.1. The topological polar surface area (TPSA) is 113 Å². The molecule has 2 N–H and O–H groups in total. The lowest BCUT2D eigenvalue weighted by Gasteiger charge is -2.27. The van der Waals surface area contributed by atoms with E-state index in [1.165, 1.54) is 0 Å². The number of aliphatic carboxylic acids is 1. The standard InChI is InChI=1S/C33H44N2O6/c1-24(2)19-30(31(37)22-28(33(39)40)20-26-11-7-4-8-12-26)34-32(38)27(14-13-25-9-5-3-6-10-25)21-29(36)23-35-15-17-41-18-16-35/h3-12,24,27-28,30H,13-23H2,1-2H3,(H,34,38)(H,39,40)/t27-,28-,30-/m1/s1. The van der Waals surface area contributed by atoms with Gasteiger partial charge in [-0.1, -0.05) is 74.5 Å². The Kier molecular flexibility index (Phi) is 13.2. The van der Waals surface area contributed by atoms with E-state index >= 15 is 0 Å². The van der Waals surface area contributed by atoms with Gasteiger partial charge in [0.05, 0.1) is 31.7 Å². The van der Waals surface area contributed by atoms with Crippen LogP contribution < -0.4 is 5.32 Å². The molecule has 1 aliphatic heterocycles. The Morgan fingerprint density at radius 3 is 2.07 bits per heavy atom. The van der Waals surface area contributed by atoms with Crippen LogP contribution in [0.15, 0.2) is 60.7 Å². The van der Waals surface area contributed by atoms with Gasteiger partial charge in [-0.3, -0.25) is 24.1 Å². The van der Waals surface area contributed by atoms with Crippen molar-refractivity contribution >= 4 is 23.4 Å². The van der Waals surface area contributed by atoms with Crippen LogP contribution in [0.1, 0.15) is 50.7 Å². The van der Waals surface area contributed by atoms with E-state index < -0.39 is 23.8 Å². The second-order valence-corrected chi connectivity index (χ2v) is 11.4. The minimum atomic E-state index is -1.04. The van der Waals surface area contributed by atoms with E-state index in [9.17, 15) is 24.3 Å². The summed E-state index contributed by atoms with van der Waals surface area (Å²) in [4.78, 5) is 54.2. The number of amides is 1. The third-order valence-corrected chi connectivity index (χ3v) is 7.51. The van der Waals surface area contributed by atoms with Crippen molar-refractivity contribution in [3.8, 4) is 0 Å². The highest BCUT2D eigenvalue weighted by Gasteiger charge is 2.31. The van der Waals surface area contributed by atoms with E-state index in [0.717, 1.165) is 11.1 Å². The van der Waals surface area contributed by atoms with Gasteiger partial charge in [0, 0.05) is 31.8 Å². The smallest absolute Gasteiger partial charge is 0.307 e. The summed E-state index contributed by atoms with van der Waals surface area (Å²) in [7, 11) is 0. The Bertz CT molecular complexity index is 1120. The van der Waals surface area contributed by atoms with Crippen LogP contribution in [0.3, 0.4) is 0 Å². The summed E-state index contributed by atoms with van der Waals surface area (Å²) < 4.78 is 5.38. The van der Waals surface area contributed by atoms with Crippen molar-refractivity contribution in [3.63, 3.8) is 0 Å². The lowest BCUT2D eigenvalue weighted by atomic mass is 9.88. The first-order valence-electron chi connectivity index (χ1n) is 14.7. The number of nitrogens with one attached hydrogen (secondary N) is 1. The van der Waals surface area contributed by atoms with Crippen molar-refractivity contribution in [1.29, 1.82) is 0 Å². The number of carboxylic acids is 1. The Morgan fingerprint density at radius 1 is 0.878 bits per heavy atom. The molecule has 0 aliphatic carbocycles. The maximum Gasteiger partial charge on any atom is 0.307 e. The first-order chi connectivity index (χ1) is 19.7. The van der Waals surface area contributed by atoms with Gasteiger partial charge in [0.1, 0.15) is 5.78 Å². The molecule has 1 heterocycles. The van der Waals surface area contributed by atoms with Gasteiger partial charge in [0.15, 0.2) is 5.78 Å². The van der Waals surface area contributed by atoms with Gasteiger partial charge in [0.2, 0.25) is 5.91 Å². The SMILES string of the molecule is CC(C)C[C@@H](NC(=O)[C@H](CCc1ccccc1)CC(=O)CN1CCOCC1)C(=O)C[C@@H](Cc1ccccc1)C(=O)O. The zero-order valence-corrected chi connectivity index (χ0v) is 24.3. The molecule has 0 spiro atoms. The second kappa shape index (κ2) is 16.8. The molecule has 222 valence electrons. The monoisotopic (exact) mass is 564 g/mol. The summed E-state index contributed by atoms with van der Waals surface area (Å²) in [6.45, 7) is 6.74. The Balaban J connectivity index is 1.70. The molecule has 0 saturated carbocycles. The third-order valence-electron chi connectivity index (χ3n) is 7.51. The molecule has 1 amide bonds. The van der Waals surface area contributed by atoms with Gasteiger partial charge in [-0.15, -0.1) is 0 Å². The highest BCUT2D eigenvalue weighted by atomic mass is 16.5. The lowest BCUT2D eigenvalue weighted by Crippen LogP contribution is -2.46. The Labute approximate surface area is 243 Å². The summed E-state index contributed by atoms with van der Waals surface area (Å²) in [6.07, 6.45) is 1.65. The van der Waals surface area contributed by atoms with Crippen molar-refractivity contribution in [2.75, 3.05) is 32.8 Å². The van der Waals surface area contributed by atoms with Crippen molar-refractivity contribution in [1.82, 2.24) is 10.2 Å². The van der Waals surface area contributed by atoms with E-state index in [1.54, 1.807) is 0 Å². The number of carbonyl (C=O) groups is 4. The number of carboxylic acid groups (broad SMARTS) is 1. The van der Waals surface area contributed by atoms with E-state index in [0.29, 0.717) is 45.6 Å². The maximum atomic E-state index is 13.6. The fourth-order valence-corrected chi connectivity index (χ4v) is 5.22. The first kappa shape index (κ1) is 32.2. The van der Waals surface area contributed by atoms with E-state index in [4.69, 9.17) is 4.74 Å². The molecule has 0 radical (unpaired) electrons. The minimum absolute atomic E-state index is 0.0133. The highest BCUT2D eigenvalue weighted by molar-refractivity contribution is 5.93. The number of morpholine rings is 1. The molecule has 3 atom stereocenters. The first-order valence-corrected chi connectivity index (χ1v) is 14.7. The van der Waals surface area contributed by atoms with E-state index in [2.05, 4.69) is 5.32 Å². The molecule has 2 aromatic rings. The molecule has 0 aromatic heterocycles. The van der Waals surface area contributed by atoms with Crippen LogP contribution in [-0.4, -0.2) is 72.3 Å². The number of ketones is 2. The predicted molar refractivity (Wildman–Crippen MR) is 157 cm³/mol. The average Bonchev–Trinajstić information content (AvgIpc) is 2.95. The van der Waals surface area contributed by atoms with Gasteiger partial charge in [-0.05, 0) is 42.7 Å². The predicted octanol–water partition coefficient (Wildman–Crippen LogP) is 3.96. The number of aryl methyl sites for hydroxylation is 1. The second-order valence-electron chi connectivity index (χ2n) is 11.4. The van der Waals surface area contributed by atoms with Crippen molar-refractivity contribution < 1.29 is 29.0 Å². The van der Waals surface area contributed by atoms with Crippen LogP contribution >= 0.6 is 0 Å². The summed E-state index contributed by atoms with van der Waals surface area (Å²) in [5, 5.41) is 12.8. The zero-order valence-electron chi connectivity index (χ0n) is 24.3. The number of benzene rings is 2.